The van der Waals surface area contributed by atoms with E-state index in [2.05, 4.69) is 14.9 Å². The molecule has 0 saturated heterocycles. The van der Waals surface area contributed by atoms with Gasteiger partial charge in [-0.05, 0) is 48.6 Å². The van der Waals surface area contributed by atoms with Crippen LogP contribution in [0.1, 0.15) is 11.1 Å². The molecule has 0 aliphatic rings. The molecule has 2 aromatic carbocycles. The lowest BCUT2D eigenvalue weighted by Crippen LogP contribution is -2.20. The van der Waals surface area contributed by atoms with Gasteiger partial charge in [0.05, 0.1) is 0 Å². The molecule has 1 heterocycles. The minimum Gasteiger partial charge on any atom is -0.483 e. The summed E-state index contributed by atoms with van der Waals surface area (Å²) >= 11 is 1.31. The summed E-state index contributed by atoms with van der Waals surface area (Å²) in [6, 6.07) is 13.4. The number of nitrogens with one attached hydrogen (secondary N) is 1. The Morgan fingerprint density at radius 3 is 2.46 bits per heavy atom. The lowest BCUT2D eigenvalue weighted by atomic mass is 10.1. The summed E-state index contributed by atoms with van der Waals surface area (Å²) in [7, 11) is 0. The number of benzene rings is 2. The first kappa shape index (κ1) is 16.1. The lowest BCUT2D eigenvalue weighted by molar-refractivity contribution is -0.118. The van der Waals surface area contributed by atoms with Gasteiger partial charge < -0.3 is 10.1 Å². The highest BCUT2D eigenvalue weighted by Crippen LogP contribution is 2.23. The highest BCUT2D eigenvalue weighted by atomic mass is 32.1. The minimum atomic E-state index is -0.194. The largest absolute Gasteiger partial charge is 0.483 e. The molecule has 122 valence electrons. The number of hydrogen-bond acceptors (Lipinski definition) is 5. The molecule has 1 aromatic heterocycles. The topological polar surface area (TPSA) is 64.1 Å². The number of para-hydroxylation sites is 1. The van der Waals surface area contributed by atoms with Crippen molar-refractivity contribution >= 4 is 23.1 Å². The van der Waals surface area contributed by atoms with E-state index in [1.807, 2.05) is 61.7 Å². The van der Waals surface area contributed by atoms with Crippen LogP contribution in [0, 0.1) is 13.8 Å². The van der Waals surface area contributed by atoms with E-state index in [0.29, 0.717) is 0 Å². The molecule has 24 heavy (non-hydrogen) atoms. The molecule has 0 radical (unpaired) electrons. The van der Waals surface area contributed by atoms with Crippen LogP contribution in [0.3, 0.4) is 0 Å². The first-order chi connectivity index (χ1) is 11.6. The molecule has 1 N–H and O–H groups in total. The summed E-state index contributed by atoms with van der Waals surface area (Å²) < 4.78 is 9.50. The van der Waals surface area contributed by atoms with Gasteiger partial charge in [0, 0.05) is 16.6 Å². The number of hydrogen-bond donors (Lipinski definition) is 1. The number of aromatic nitrogens is 2. The predicted octanol–water partition coefficient (Wildman–Crippen LogP) is 3.84. The van der Waals surface area contributed by atoms with E-state index in [4.69, 9.17) is 4.74 Å². The van der Waals surface area contributed by atoms with E-state index in [0.717, 1.165) is 33.8 Å². The maximum atomic E-state index is 12.1. The Balaban J connectivity index is 1.59. The van der Waals surface area contributed by atoms with Gasteiger partial charge in [-0.2, -0.15) is 0 Å². The maximum absolute atomic E-state index is 12.1. The molecule has 0 unspecified atom stereocenters. The van der Waals surface area contributed by atoms with Crippen molar-refractivity contribution in [2.24, 2.45) is 0 Å². The number of carbonyl (C=O) groups is 1. The second-order valence-electron chi connectivity index (χ2n) is 5.43. The standard InChI is InChI=1S/C18H17N3O2S/c1-12-4-3-5-13(2)18(12)23-10-17(22)19-15-8-6-14(7-9-15)16-11-24-21-20-16/h3-9,11H,10H2,1-2H3,(H,19,22). The van der Waals surface area contributed by atoms with Crippen LogP contribution in [0.4, 0.5) is 5.69 Å². The number of aryl methyl sites for hydroxylation is 2. The van der Waals surface area contributed by atoms with Gasteiger partial charge in [0.2, 0.25) is 0 Å². The fourth-order valence-electron chi connectivity index (χ4n) is 2.38. The number of amides is 1. The second-order valence-corrected chi connectivity index (χ2v) is 6.04. The third-order valence-corrected chi connectivity index (χ3v) is 4.09. The number of ether oxygens (including phenoxy) is 1. The molecule has 0 fully saturated rings. The van der Waals surface area contributed by atoms with Crippen molar-refractivity contribution in [3.8, 4) is 17.0 Å². The number of rotatable bonds is 5. The smallest absolute Gasteiger partial charge is 0.262 e. The Hall–Kier alpha value is -2.73. The normalized spacial score (nSPS) is 10.4. The Morgan fingerprint density at radius 1 is 1.12 bits per heavy atom. The van der Waals surface area contributed by atoms with Gasteiger partial charge in [0.1, 0.15) is 11.4 Å². The van der Waals surface area contributed by atoms with Crippen LogP contribution in [0.2, 0.25) is 0 Å². The summed E-state index contributed by atoms with van der Waals surface area (Å²) in [6.45, 7) is 3.90. The molecule has 0 spiro atoms. The summed E-state index contributed by atoms with van der Waals surface area (Å²) in [5.41, 5.74) is 4.55. The maximum Gasteiger partial charge on any atom is 0.262 e. The zero-order valence-corrected chi connectivity index (χ0v) is 14.3. The molecule has 6 heteroatoms. The van der Waals surface area contributed by atoms with Gasteiger partial charge >= 0.3 is 0 Å². The van der Waals surface area contributed by atoms with Crippen molar-refractivity contribution in [1.82, 2.24) is 9.59 Å². The Morgan fingerprint density at radius 2 is 1.83 bits per heavy atom. The molecule has 5 nitrogen and oxygen atoms in total. The quantitative estimate of drug-likeness (QED) is 0.767. The molecule has 0 atom stereocenters. The fourth-order valence-corrected chi connectivity index (χ4v) is 2.84. The monoisotopic (exact) mass is 339 g/mol. The van der Waals surface area contributed by atoms with Crippen LogP contribution in [-0.2, 0) is 4.79 Å². The molecular weight excluding hydrogens is 322 g/mol. The van der Waals surface area contributed by atoms with Crippen LogP contribution >= 0.6 is 11.5 Å². The van der Waals surface area contributed by atoms with Crippen molar-refractivity contribution < 1.29 is 9.53 Å². The number of anilines is 1. The molecule has 3 aromatic rings. The van der Waals surface area contributed by atoms with E-state index < -0.39 is 0 Å². The van der Waals surface area contributed by atoms with Crippen molar-refractivity contribution in [3.63, 3.8) is 0 Å². The van der Waals surface area contributed by atoms with Crippen LogP contribution < -0.4 is 10.1 Å². The summed E-state index contributed by atoms with van der Waals surface area (Å²) in [5.74, 6) is 0.569. The minimum absolute atomic E-state index is 0.0244. The third-order valence-electron chi connectivity index (χ3n) is 3.58. The van der Waals surface area contributed by atoms with E-state index in [1.165, 1.54) is 11.5 Å². The van der Waals surface area contributed by atoms with Crippen LogP contribution in [0.15, 0.2) is 47.8 Å². The fraction of sp³-hybridized carbons (Fsp3) is 0.167. The molecule has 0 bridgehead atoms. The van der Waals surface area contributed by atoms with Gasteiger partial charge in [0.15, 0.2) is 6.61 Å². The van der Waals surface area contributed by atoms with Crippen molar-refractivity contribution in [2.75, 3.05) is 11.9 Å². The molecule has 0 saturated carbocycles. The first-order valence-corrected chi connectivity index (χ1v) is 8.33. The van der Waals surface area contributed by atoms with Crippen molar-refractivity contribution in [3.05, 3.63) is 59.0 Å². The molecule has 3 rings (SSSR count). The van der Waals surface area contributed by atoms with Gasteiger partial charge in [-0.15, -0.1) is 5.10 Å². The van der Waals surface area contributed by atoms with E-state index in [1.54, 1.807) is 0 Å². The Bertz CT molecular complexity index is 810. The van der Waals surface area contributed by atoms with Gasteiger partial charge in [0.25, 0.3) is 5.91 Å². The molecular formula is C18H17N3O2S. The van der Waals surface area contributed by atoms with Gasteiger partial charge in [-0.25, -0.2) is 0 Å². The Kier molecular flexibility index (Phi) is 4.86. The van der Waals surface area contributed by atoms with E-state index in [-0.39, 0.29) is 12.5 Å². The molecule has 0 aliphatic heterocycles. The zero-order chi connectivity index (χ0) is 16.9. The van der Waals surface area contributed by atoms with Crippen molar-refractivity contribution in [1.29, 1.82) is 0 Å². The average molecular weight is 339 g/mol. The van der Waals surface area contributed by atoms with Crippen LogP contribution in [0.5, 0.6) is 5.75 Å². The first-order valence-electron chi connectivity index (χ1n) is 7.50. The summed E-state index contributed by atoms with van der Waals surface area (Å²) in [4.78, 5) is 12.1. The Labute approximate surface area is 144 Å². The van der Waals surface area contributed by atoms with Crippen LogP contribution in [0.25, 0.3) is 11.3 Å². The number of carbonyl (C=O) groups excluding carboxylic acids is 1. The zero-order valence-electron chi connectivity index (χ0n) is 13.4. The molecule has 1 amide bonds. The van der Waals surface area contributed by atoms with Crippen molar-refractivity contribution in [2.45, 2.75) is 13.8 Å². The molecule has 0 aliphatic carbocycles. The van der Waals surface area contributed by atoms with Gasteiger partial charge in [-0.1, -0.05) is 34.8 Å². The van der Waals surface area contributed by atoms with E-state index in [9.17, 15) is 4.79 Å². The number of nitrogens with zero attached hydrogens (tertiary/aromatic N) is 2. The van der Waals surface area contributed by atoms with Gasteiger partial charge in [-0.3, -0.25) is 4.79 Å². The SMILES string of the molecule is Cc1cccc(C)c1OCC(=O)Nc1ccc(-c2csnn2)cc1. The van der Waals surface area contributed by atoms with E-state index >= 15 is 0 Å². The third kappa shape index (κ3) is 3.78. The second kappa shape index (κ2) is 7.23. The highest BCUT2D eigenvalue weighted by molar-refractivity contribution is 7.03. The summed E-state index contributed by atoms with van der Waals surface area (Å²) in [6.07, 6.45) is 0. The summed E-state index contributed by atoms with van der Waals surface area (Å²) in [5, 5.41) is 8.72. The lowest BCUT2D eigenvalue weighted by Gasteiger charge is -2.12. The average Bonchev–Trinajstić information content (AvgIpc) is 3.09. The highest BCUT2D eigenvalue weighted by Gasteiger charge is 2.08. The van der Waals surface area contributed by atoms with Crippen LogP contribution in [-0.4, -0.2) is 22.1 Å². The predicted molar refractivity (Wildman–Crippen MR) is 95.4 cm³/mol.